The molecule has 3 aromatic rings. The second kappa shape index (κ2) is 10.9. The van der Waals surface area contributed by atoms with Crippen LogP contribution >= 0.6 is 11.6 Å². The number of methoxy groups -OCH3 is 1. The standard InChI is InChI=1S/C28H32ClN3O4/c1-19-24(18-31(17-23-9-6-16-35-23)27(33)20-7-5-8-20)28(36-26-11-4-3-10-25(26)34-2)32(30-19)22-14-12-21(29)13-15-22/h3-4,10-15,20,23H,5-9,16-18H2,1-2H3/t23-/m1/s1. The minimum absolute atomic E-state index is 0.0687. The molecule has 2 fully saturated rings. The zero-order valence-corrected chi connectivity index (χ0v) is 21.5. The molecule has 2 aromatic carbocycles. The number of amides is 1. The van der Waals surface area contributed by atoms with Crippen molar-refractivity contribution < 1.29 is 19.0 Å². The first kappa shape index (κ1) is 24.7. The Balaban J connectivity index is 1.54. The molecule has 1 saturated heterocycles. The van der Waals surface area contributed by atoms with Gasteiger partial charge in [-0.2, -0.15) is 5.10 Å². The highest BCUT2D eigenvalue weighted by atomic mass is 35.5. The van der Waals surface area contributed by atoms with Crippen LogP contribution in [0.15, 0.2) is 48.5 Å². The normalized spacial score (nSPS) is 17.6. The van der Waals surface area contributed by atoms with Crippen molar-refractivity contribution in [2.45, 2.75) is 51.7 Å². The number of benzene rings is 2. The van der Waals surface area contributed by atoms with Gasteiger partial charge in [-0.05, 0) is 69.0 Å². The lowest BCUT2D eigenvalue weighted by atomic mass is 9.84. The quantitative estimate of drug-likeness (QED) is 0.357. The zero-order chi connectivity index (χ0) is 25.1. The van der Waals surface area contributed by atoms with E-state index >= 15 is 0 Å². The summed E-state index contributed by atoms with van der Waals surface area (Å²) in [6, 6.07) is 15.0. The van der Waals surface area contributed by atoms with E-state index < -0.39 is 0 Å². The van der Waals surface area contributed by atoms with Crippen LogP contribution < -0.4 is 9.47 Å². The van der Waals surface area contributed by atoms with Crippen molar-refractivity contribution in [2.24, 2.45) is 5.92 Å². The summed E-state index contributed by atoms with van der Waals surface area (Å²) in [6.07, 6.45) is 5.09. The summed E-state index contributed by atoms with van der Waals surface area (Å²) >= 11 is 6.14. The van der Waals surface area contributed by atoms with Gasteiger partial charge in [0, 0.05) is 24.1 Å². The van der Waals surface area contributed by atoms with Gasteiger partial charge in [0.25, 0.3) is 0 Å². The fraction of sp³-hybridized carbons (Fsp3) is 0.429. The van der Waals surface area contributed by atoms with Gasteiger partial charge < -0.3 is 19.1 Å². The van der Waals surface area contributed by atoms with Crippen molar-refractivity contribution in [3.8, 4) is 23.1 Å². The van der Waals surface area contributed by atoms with Gasteiger partial charge in [0.05, 0.1) is 36.7 Å². The van der Waals surface area contributed by atoms with Crippen molar-refractivity contribution in [1.29, 1.82) is 0 Å². The van der Waals surface area contributed by atoms with E-state index in [1.807, 2.05) is 60.4 Å². The number of carbonyl (C=O) groups is 1. The van der Waals surface area contributed by atoms with Crippen LogP contribution in [-0.4, -0.2) is 47.0 Å². The van der Waals surface area contributed by atoms with Gasteiger partial charge in [-0.25, -0.2) is 4.68 Å². The van der Waals surface area contributed by atoms with Crippen LogP contribution in [0.25, 0.3) is 5.69 Å². The van der Waals surface area contributed by atoms with Gasteiger partial charge >= 0.3 is 0 Å². The van der Waals surface area contributed by atoms with Gasteiger partial charge in [0.1, 0.15) is 0 Å². The minimum atomic E-state index is 0.0687. The molecule has 0 bridgehead atoms. The second-order valence-electron chi connectivity index (χ2n) is 9.49. The molecule has 2 aliphatic rings. The molecule has 1 aliphatic heterocycles. The van der Waals surface area contributed by atoms with E-state index in [0.29, 0.717) is 35.5 Å². The Kier molecular flexibility index (Phi) is 7.48. The number of aryl methyl sites for hydroxylation is 1. The molecule has 1 aromatic heterocycles. The predicted molar refractivity (Wildman–Crippen MR) is 138 cm³/mol. The Morgan fingerprint density at radius 2 is 1.86 bits per heavy atom. The predicted octanol–water partition coefficient (Wildman–Crippen LogP) is 5.94. The van der Waals surface area contributed by atoms with Crippen molar-refractivity contribution in [1.82, 2.24) is 14.7 Å². The average Bonchev–Trinajstić information content (AvgIpc) is 3.47. The first-order chi connectivity index (χ1) is 17.5. The number of halogens is 1. The number of para-hydroxylation sites is 2. The van der Waals surface area contributed by atoms with Crippen molar-refractivity contribution in [3.63, 3.8) is 0 Å². The van der Waals surface area contributed by atoms with E-state index in [1.165, 1.54) is 0 Å². The third-order valence-electron chi connectivity index (χ3n) is 7.05. The Hall–Kier alpha value is -3.03. The highest BCUT2D eigenvalue weighted by Crippen LogP contribution is 2.37. The molecule has 8 heteroatoms. The maximum Gasteiger partial charge on any atom is 0.228 e. The van der Waals surface area contributed by atoms with Crippen molar-refractivity contribution in [3.05, 3.63) is 64.8 Å². The Morgan fingerprint density at radius 3 is 2.50 bits per heavy atom. The van der Waals surface area contributed by atoms with Crippen LogP contribution in [0.4, 0.5) is 0 Å². The number of carbonyl (C=O) groups excluding carboxylic acids is 1. The molecule has 1 saturated carbocycles. The first-order valence-corrected chi connectivity index (χ1v) is 13.0. The Morgan fingerprint density at radius 1 is 1.11 bits per heavy atom. The lowest BCUT2D eigenvalue weighted by Crippen LogP contribution is -2.42. The molecule has 7 nitrogen and oxygen atoms in total. The number of ether oxygens (including phenoxy) is 3. The van der Waals surface area contributed by atoms with Crippen LogP contribution in [0, 0.1) is 12.8 Å². The van der Waals surface area contributed by atoms with Crippen LogP contribution in [0.3, 0.4) is 0 Å². The van der Waals surface area contributed by atoms with Gasteiger partial charge in [-0.1, -0.05) is 30.2 Å². The third kappa shape index (κ3) is 5.22. The van der Waals surface area contributed by atoms with Crippen LogP contribution in [0.5, 0.6) is 17.4 Å². The monoisotopic (exact) mass is 509 g/mol. The second-order valence-corrected chi connectivity index (χ2v) is 9.93. The summed E-state index contributed by atoms with van der Waals surface area (Å²) in [5, 5.41) is 5.47. The van der Waals surface area contributed by atoms with Gasteiger partial charge in [0.15, 0.2) is 11.5 Å². The van der Waals surface area contributed by atoms with Gasteiger partial charge in [-0.15, -0.1) is 0 Å². The largest absolute Gasteiger partial charge is 0.493 e. The summed E-state index contributed by atoms with van der Waals surface area (Å²) in [4.78, 5) is 15.4. The molecule has 0 unspecified atom stereocenters. The maximum atomic E-state index is 13.5. The molecule has 190 valence electrons. The molecule has 1 atom stereocenters. The zero-order valence-electron chi connectivity index (χ0n) is 20.8. The van der Waals surface area contributed by atoms with Gasteiger partial charge in [-0.3, -0.25) is 4.79 Å². The molecule has 1 aliphatic carbocycles. The highest BCUT2D eigenvalue weighted by Gasteiger charge is 2.33. The Labute approximate surface area is 216 Å². The Bertz CT molecular complexity index is 1200. The van der Waals surface area contributed by atoms with Crippen LogP contribution in [0.2, 0.25) is 5.02 Å². The van der Waals surface area contributed by atoms with Crippen molar-refractivity contribution in [2.75, 3.05) is 20.3 Å². The summed E-state index contributed by atoms with van der Waals surface area (Å²) in [7, 11) is 1.62. The summed E-state index contributed by atoms with van der Waals surface area (Å²) in [6.45, 7) is 3.69. The van der Waals surface area contributed by atoms with E-state index in [-0.39, 0.29) is 17.9 Å². The number of aromatic nitrogens is 2. The maximum absolute atomic E-state index is 13.5. The number of hydrogen-bond donors (Lipinski definition) is 0. The molecular weight excluding hydrogens is 478 g/mol. The SMILES string of the molecule is COc1ccccc1Oc1c(CN(C[C@H]2CCCO2)C(=O)C2CCC2)c(C)nn1-c1ccc(Cl)cc1. The average molecular weight is 510 g/mol. The van der Waals surface area contributed by atoms with Crippen LogP contribution in [0.1, 0.15) is 43.4 Å². The van der Waals surface area contributed by atoms with E-state index in [9.17, 15) is 4.79 Å². The van der Waals surface area contributed by atoms with E-state index in [1.54, 1.807) is 11.8 Å². The summed E-state index contributed by atoms with van der Waals surface area (Å²) in [5.74, 6) is 2.03. The van der Waals surface area contributed by atoms with Gasteiger partial charge in [0.2, 0.25) is 11.8 Å². The molecule has 36 heavy (non-hydrogen) atoms. The fourth-order valence-electron chi connectivity index (χ4n) is 4.76. The van der Waals surface area contributed by atoms with E-state index in [4.69, 9.17) is 30.9 Å². The van der Waals surface area contributed by atoms with Crippen molar-refractivity contribution >= 4 is 17.5 Å². The van der Waals surface area contributed by atoms with Crippen LogP contribution in [-0.2, 0) is 16.1 Å². The van der Waals surface area contributed by atoms with E-state index in [2.05, 4.69) is 0 Å². The molecule has 0 N–H and O–H groups in total. The summed E-state index contributed by atoms with van der Waals surface area (Å²) in [5.41, 5.74) is 2.48. The first-order valence-electron chi connectivity index (χ1n) is 12.6. The molecule has 0 radical (unpaired) electrons. The molecule has 2 heterocycles. The fourth-order valence-corrected chi connectivity index (χ4v) is 4.89. The molecule has 5 rings (SSSR count). The number of nitrogens with zero attached hydrogens (tertiary/aromatic N) is 3. The third-order valence-corrected chi connectivity index (χ3v) is 7.30. The minimum Gasteiger partial charge on any atom is -0.493 e. The lowest BCUT2D eigenvalue weighted by Gasteiger charge is -2.33. The molecule has 0 spiro atoms. The highest BCUT2D eigenvalue weighted by molar-refractivity contribution is 6.30. The topological polar surface area (TPSA) is 65.8 Å². The number of hydrogen-bond acceptors (Lipinski definition) is 5. The lowest BCUT2D eigenvalue weighted by molar-refractivity contribution is -0.140. The molecule has 1 amide bonds. The number of rotatable bonds is 9. The smallest absolute Gasteiger partial charge is 0.228 e. The van der Waals surface area contributed by atoms with E-state index in [0.717, 1.165) is 55.7 Å². The summed E-state index contributed by atoms with van der Waals surface area (Å²) < 4.78 is 19.7. The molecular formula is C28H32ClN3O4.